The van der Waals surface area contributed by atoms with Crippen molar-refractivity contribution in [3.8, 4) is 11.3 Å². The van der Waals surface area contributed by atoms with Crippen molar-refractivity contribution in [3.05, 3.63) is 94.8 Å². The average molecular weight is 447 g/mol. The predicted molar refractivity (Wildman–Crippen MR) is 126 cm³/mol. The van der Waals surface area contributed by atoms with Gasteiger partial charge in [0.05, 0.1) is 10.7 Å². The number of thioether (sulfide) groups is 1. The number of amides is 1. The van der Waals surface area contributed by atoms with E-state index in [0.29, 0.717) is 12.1 Å². The maximum absolute atomic E-state index is 12.4. The van der Waals surface area contributed by atoms with Crippen LogP contribution in [0.4, 0.5) is 0 Å². The number of pyridine rings is 2. The van der Waals surface area contributed by atoms with Crippen molar-refractivity contribution in [2.75, 3.05) is 6.54 Å². The van der Waals surface area contributed by atoms with E-state index in [1.54, 1.807) is 41.7 Å². The molecule has 0 aliphatic carbocycles. The van der Waals surface area contributed by atoms with Gasteiger partial charge in [-0.15, -0.1) is 23.1 Å². The molecule has 0 atom stereocenters. The van der Waals surface area contributed by atoms with E-state index in [4.69, 9.17) is 0 Å². The molecule has 1 amide bonds. The minimum Gasteiger partial charge on any atom is -0.352 e. The lowest BCUT2D eigenvalue weighted by atomic mass is 10.2. The first-order valence-corrected chi connectivity index (χ1v) is 11.9. The number of thiazole rings is 1. The van der Waals surface area contributed by atoms with Crippen LogP contribution in [-0.4, -0.2) is 27.4 Å². The Morgan fingerprint density at radius 1 is 1.00 bits per heavy atom. The van der Waals surface area contributed by atoms with Crippen LogP contribution in [0.3, 0.4) is 0 Å². The van der Waals surface area contributed by atoms with Crippen LogP contribution in [0.5, 0.6) is 0 Å². The first-order chi connectivity index (χ1) is 15.3. The van der Waals surface area contributed by atoms with Crippen LogP contribution in [0.15, 0.2) is 83.6 Å². The molecule has 1 aromatic carbocycles. The van der Waals surface area contributed by atoms with Gasteiger partial charge in [0.1, 0.15) is 0 Å². The quantitative estimate of drug-likeness (QED) is 0.281. The van der Waals surface area contributed by atoms with Crippen LogP contribution >= 0.6 is 23.1 Å². The number of nitrogens with zero attached hydrogens (tertiary/aromatic N) is 3. The van der Waals surface area contributed by atoms with Crippen molar-refractivity contribution >= 4 is 29.0 Å². The molecule has 7 heteroatoms. The highest BCUT2D eigenvalue weighted by atomic mass is 32.2. The summed E-state index contributed by atoms with van der Waals surface area (Å²) in [5.74, 6) is 0.819. The van der Waals surface area contributed by atoms with Crippen LogP contribution in [0.25, 0.3) is 11.3 Å². The molecule has 3 aromatic heterocycles. The van der Waals surface area contributed by atoms with Crippen LogP contribution < -0.4 is 5.32 Å². The van der Waals surface area contributed by atoms with Gasteiger partial charge in [0.25, 0.3) is 5.91 Å². The van der Waals surface area contributed by atoms with Gasteiger partial charge >= 0.3 is 0 Å². The highest BCUT2D eigenvalue weighted by molar-refractivity contribution is 7.98. The molecule has 0 radical (unpaired) electrons. The van der Waals surface area contributed by atoms with Gasteiger partial charge in [-0.2, -0.15) is 0 Å². The normalized spacial score (nSPS) is 10.7. The molecule has 5 nitrogen and oxygen atoms in total. The van der Waals surface area contributed by atoms with Crippen molar-refractivity contribution in [3.63, 3.8) is 0 Å². The van der Waals surface area contributed by atoms with E-state index in [-0.39, 0.29) is 5.91 Å². The number of rotatable bonds is 9. The second-order valence-corrected chi connectivity index (χ2v) is 8.89. The molecular formula is C24H22N4OS2. The van der Waals surface area contributed by atoms with Gasteiger partial charge in [0.15, 0.2) is 0 Å². The zero-order valence-electron chi connectivity index (χ0n) is 16.9. The molecule has 0 saturated carbocycles. The maximum Gasteiger partial charge on any atom is 0.251 e. The molecule has 0 bridgehead atoms. The Kier molecular flexibility index (Phi) is 7.41. The molecule has 0 aliphatic rings. The summed E-state index contributed by atoms with van der Waals surface area (Å²) in [6.07, 6.45) is 8.90. The van der Waals surface area contributed by atoms with Crippen molar-refractivity contribution in [2.45, 2.75) is 23.5 Å². The molecule has 0 spiro atoms. The fourth-order valence-electron chi connectivity index (χ4n) is 2.98. The fraction of sp³-hybridized carbons (Fsp3) is 0.167. The number of carbonyl (C=O) groups is 1. The van der Waals surface area contributed by atoms with Gasteiger partial charge < -0.3 is 5.32 Å². The molecular weight excluding hydrogens is 424 g/mol. The van der Waals surface area contributed by atoms with Crippen molar-refractivity contribution in [1.82, 2.24) is 20.3 Å². The molecule has 0 saturated heterocycles. The second-order valence-electron chi connectivity index (χ2n) is 6.90. The summed E-state index contributed by atoms with van der Waals surface area (Å²) in [5.41, 5.74) is 3.92. The second kappa shape index (κ2) is 10.8. The summed E-state index contributed by atoms with van der Waals surface area (Å²) in [6, 6.07) is 15.7. The Bertz CT molecular complexity index is 1100. The first-order valence-electron chi connectivity index (χ1n) is 10.0. The van der Waals surface area contributed by atoms with Crippen molar-refractivity contribution in [2.24, 2.45) is 0 Å². The molecule has 1 N–H and O–H groups in total. The molecule has 0 aliphatic heterocycles. The number of hydrogen-bond acceptors (Lipinski definition) is 6. The minimum atomic E-state index is -0.0413. The van der Waals surface area contributed by atoms with Crippen LogP contribution in [0, 0.1) is 0 Å². The Balaban J connectivity index is 1.20. The van der Waals surface area contributed by atoms with E-state index in [9.17, 15) is 4.79 Å². The lowest BCUT2D eigenvalue weighted by molar-refractivity contribution is 0.0953. The molecule has 0 fully saturated rings. The molecule has 3 heterocycles. The number of aromatic nitrogens is 3. The smallest absolute Gasteiger partial charge is 0.251 e. The maximum atomic E-state index is 12.4. The van der Waals surface area contributed by atoms with Gasteiger partial charge in [-0.05, 0) is 54.4 Å². The molecule has 31 heavy (non-hydrogen) atoms. The monoisotopic (exact) mass is 446 g/mol. The Labute approximate surface area is 190 Å². The van der Waals surface area contributed by atoms with E-state index in [1.807, 2.05) is 48.7 Å². The summed E-state index contributed by atoms with van der Waals surface area (Å²) < 4.78 is 0. The summed E-state index contributed by atoms with van der Waals surface area (Å²) in [5, 5.41) is 6.15. The standard InChI is InChI=1S/C24H22N4OS2/c29-24(20-5-7-21(8-6-20)30-16-18-3-1-11-26-15-18)27-12-2-4-23-28-22(17-31-23)19-9-13-25-14-10-19/h1,3,5-11,13-15,17H,2,4,12,16H2,(H,27,29). The molecule has 4 rings (SSSR count). The number of hydrogen-bond donors (Lipinski definition) is 1. The first kappa shape index (κ1) is 21.2. The van der Waals surface area contributed by atoms with Crippen LogP contribution in [0.1, 0.15) is 27.3 Å². The number of carbonyl (C=O) groups excluding carboxylic acids is 1. The van der Waals surface area contributed by atoms with Gasteiger partial charge in [0.2, 0.25) is 0 Å². The van der Waals surface area contributed by atoms with Crippen LogP contribution in [0.2, 0.25) is 0 Å². The predicted octanol–water partition coefficient (Wildman–Crippen LogP) is 5.26. The van der Waals surface area contributed by atoms with E-state index < -0.39 is 0 Å². The van der Waals surface area contributed by atoms with E-state index in [2.05, 4.69) is 31.7 Å². The van der Waals surface area contributed by atoms with Crippen molar-refractivity contribution < 1.29 is 4.79 Å². The summed E-state index contributed by atoms with van der Waals surface area (Å²) in [6.45, 7) is 0.626. The molecule has 0 unspecified atom stereocenters. The van der Waals surface area contributed by atoms with Crippen LogP contribution in [-0.2, 0) is 12.2 Å². The zero-order chi connectivity index (χ0) is 21.3. The summed E-state index contributed by atoms with van der Waals surface area (Å²) in [4.78, 5) is 26.4. The lowest BCUT2D eigenvalue weighted by Crippen LogP contribution is -2.24. The number of benzene rings is 1. The van der Waals surface area contributed by atoms with E-state index >= 15 is 0 Å². The van der Waals surface area contributed by atoms with Gasteiger partial charge in [-0.25, -0.2) is 4.98 Å². The topological polar surface area (TPSA) is 67.8 Å². The largest absolute Gasteiger partial charge is 0.352 e. The third-order valence-electron chi connectivity index (χ3n) is 4.63. The highest BCUT2D eigenvalue weighted by Crippen LogP contribution is 2.23. The number of nitrogens with one attached hydrogen (secondary N) is 1. The zero-order valence-corrected chi connectivity index (χ0v) is 18.5. The Morgan fingerprint density at radius 2 is 1.84 bits per heavy atom. The third kappa shape index (κ3) is 6.23. The summed E-state index contributed by atoms with van der Waals surface area (Å²) >= 11 is 3.39. The van der Waals surface area contributed by atoms with Gasteiger partial charge in [-0.1, -0.05) is 6.07 Å². The van der Waals surface area contributed by atoms with E-state index in [1.165, 1.54) is 5.56 Å². The lowest BCUT2D eigenvalue weighted by Gasteiger charge is -2.06. The summed E-state index contributed by atoms with van der Waals surface area (Å²) in [7, 11) is 0. The Morgan fingerprint density at radius 3 is 2.61 bits per heavy atom. The number of aryl methyl sites for hydroxylation is 1. The third-order valence-corrected chi connectivity index (χ3v) is 6.62. The molecule has 156 valence electrons. The van der Waals surface area contributed by atoms with Crippen molar-refractivity contribution in [1.29, 1.82) is 0 Å². The SMILES string of the molecule is O=C(NCCCc1nc(-c2ccncc2)cs1)c1ccc(SCc2cccnc2)cc1. The van der Waals surface area contributed by atoms with Gasteiger partial charge in [-0.3, -0.25) is 14.8 Å². The average Bonchev–Trinajstić information content (AvgIpc) is 3.31. The van der Waals surface area contributed by atoms with Gasteiger partial charge in [0, 0.05) is 64.9 Å². The minimum absolute atomic E-state index is 0.0413. The molecule has 4 aromatic rings. The highest BCUT2D eigenvalue weighted by Gasteiger charge is 2.07. The Hall–Kier alpha value is -3.03. The van der Waals surface area contributed by atoms with E-state index in [0.717, 1.165) is 39.8 Å². The fourth-order valence-corrected chi connectivity index (χ4v) is 4.66.